The van der Waals surface area contributed by atoms with E-state index in [9.17, 15) is 14.4 Å². The fourth-order valence-electron chi connectivity index (χ4n) is 5.24. The molecule has 4 amide bonds. The smallest absolute Gasteiger partial charge is 0.328 e. The first kappa shape index (κ1) is 22.1. The van der Waals surface area contributed by atoms with Crippen molar-refractivity contribution in [2.24, 2.45) is 5.41 Å². The van der Waals surface area contributed by atoms with Crippen molar-refractivity contribution in [2.75, 3.05) is 31.1 Å². The van der Waals surface area contributed by atoms with E-state index in [-0.39, 0.29) is 24.8 Å². The zero-order chi connectivity index (χ0) is 22.0. The van der Waals surface area contributed by atoms with Crippen LogP contribution in [0.1, 0.15) is 62.2 Å². The summed E-state index contributed by atoms with van der Waals surface area (Å²) >= 11 is 6.32. The van der Waals surface area contributed by atoms with Crippen molar-refractivity contribution in [1.82, 2.24) is 15.5 Å². The van der Waals surface area contributed by atoms with Gasteiger partial charge in [-0.05, 0) is 68.7 Å². The molecule has 1 aromatic carbocycles. The highest BCUT2D eigenvalue weighted by Crippen LogP contribution is 2.44. The van der Waals surface area contributed by atoms with Gasteiger partial charge in [-0.2, -0.15) is 0 Å². The Labute approximate surface area is 188 Å². The molecule has 2 saturated heterocycles. The van der Waals surface area contributed by atoms with Crippen molar-refractivity contribution in [3.8, 4) is 0 Å². The monoisotopic (exact) mass is 446 g/mol. The van der Waals surface area contributed by atoms with Crippen LogP contribution in [0.3, 0.4) is 0 Å². The van der Waals surface area contributed by atoms with Crippen molar-refractivity contribution in [1.29, 1.82) is 0 Å². The van der Waals surface area contributed by atoms with Crippen LogP contribution in [-0.2, 0) is 4.79 Å². The number of carbonyl (C=O) groups excluding carboxylic acids is 3. The minimum absolute atomic E-state index is 0.0254. The number of amides is 4. The van der Waals surface area contributed by atoms with Crippen molar-refractivity contribution >= 4 is 35.1 Å². The second-order valence-electron chi connectivity index (χ2n) is 9.05. The number of nitrogens with zero attached hydrogens (tertiary/aromatic N) is 2. The summed E-state index contributed by atoms with van der Waals surface area (Å²) in [5.41, 5.74) is 1.37. The molecule has 2 aliphatic heterocycles. The van der Waals surface area contributed by atoms with E-state index in [1.54, 1.807) is 18.2 Å². The Morgan fingerprint density at radius 2 is 1.87 bits per heavy atom. The third kappa shape index (κ3) is 4.72. The van der Waals surface area contributed by atoms with Crippen molar-refractivity contribution in [3.05, 3.63) is 28.8 Å². The zero-order valence-electron chi connectivity index (χ0n) is 18.1. The Balaban J connectivity index is 1.40. The molecule has 2 heterocycles. The molecule has 0 bridgehead atoms. The second-order valence-corrected chi connectivity index (χ2v) is 9.45. The van der Waals surface area contributed by atoms with E-state index in [1.165, 1.54) is 30.6 Å². The molecule has 31 heavy (non-hydrogen) atoms. The number of benzene rings is 1. The van der Waals surface area contributed by atoms with Crippen LogP contribution in [0.15, 0.2) is 18.2 Å². The van der Waals surface area contributed by atoms with E-state index in [2.05, 4.69) is 17.6 Å². The number of hydrogen-bond acceptors (Lipinski definition) is 4. The molecule has 1 spiro atoms. The highest BCUT2D eigenvalue weighted by atomic mass is 35.5. The van der Waals surface area contributed by atoms with Gasteiger partial charge in [-0.3, -0.25) is 19.8 Å². The van der Waals surface area contributed by atoms with Crippen LogP contribution in [0, 0.1) is 5.41 Å². The van der Waals surface area contributed by atoms with Crippen molar-refractivity contribution in [2.45, 2.75) is 57.9 Å². The number of carbonyl (C=O) groups is 3. The van der Waals surface area contributed by atoms with E-state index in [1.807, 2.05) is 4.90 Å². The SMILES string of the molecule is CCNC1CCC2(CC1)CCN(C(=O)c1ccc(Cl)c(N3CCC(=O)NC3=O)c1)CC2. The number of piperidine rings is 1. The van der Waals surface area contributed by atoms with Gasteiger partial charge in [0.15, 0.2) is 0 Å². The summed E-state index contributed by atoms with van der Waals surface area (Å²) in [5, 5.41) is 6.26. The molecule has 168 valence electrons. The molecule has 3 aliphatic rings. The largest absolute Gasteiger partial charge is 0.339 e. The van der Waals surface area contributed by atoms with Crippen molar-refractivity contribution < 1.29 is 14.4 Å². The first-order chi connectivity index (χ1) is 14.9. The van der Waals surface area contributed by atoms with E-state index in [4.69, 9.17) is 11.6 Å². The Kier molecular flexibility index (Phi) is 6.53. The van der Waals surface area contributed by atoms with Crippen LogP contribution in [-0.4, -0.2) is 55.0 Å². The number of rotatable bonds is 4. The highest BCUT2D eigenvalue weighted by molar-refractivity contribution is 6.34. The van der Waals surface area contributed by atoms with Crippen LogP contribution in [0.5, 0.6) is 0 Å². The summed E-state index contributed by atoms with van der Waals surface area (Å²) in [6.45, 7) is 4.97. The Morgan fingerprint density at radius 3 is 2.52 bits per heavy atom. The third-order valence-corrected chi connectivity index (χ3v) is 7.51. The van der Waals surface area contributed by atoms with Crippen LogP contribution in [0.4, 0.5) is 10.5 Å². The molecule has 3 fully saturated rings. The van der Waals surface area contributed by atoms with E-state index < -0.39 is 6.03 Å². The molecule has 7 nitrogen and oxygen atoms in total. The number of anilines is 1. The van der Waals surface area contributed by atoms with Crippen LogP contribution in [0.25, 0.3) is 0 Å². The molecule has 1 aliphatic carbocycles. The Hall–Kier alpha value is -2.12. The maximum absolute atomic E-state index is 13.2. The zero-order valence-corrected chi connectivity index (χ0v) is 18.8. The topological polar surface area (TPSA) is 81.8 Å². The lowest BCUT2D eigenvalue weighted by atomic mass is 9.67. The van der Waals surface area contributed by atoms with Gasteiger partial charge in [0.05, 0.1) is 10.7 Å². The normalized spacial score (nSPS) is 22.0. The molecule has 4 rings (SSSR count). The number of imide groups is 1. The molecular formula is C23H31ClN4O3. The summed E-state index contributed by atoms with van der Waals surface area (Å²) < 4.78 is 0. The number of nitrogens with one attached hydrogen (secondary N) is 2. The number of hydrogen-bond donors (Lipinski definition) is 2. The maximum Gasteiger partial charge on any atom is 0.328 e. The lowest BCUT2D eigenvalue weighted by Gasteiger charge is -2.46. The first-order valence-electron chi connectivity index (χ1n) is 11.3. The fraction of sp³-hybridized carbons (Fsp3) is 0.609. The average Bonchev–Trinajstić information content (AvgIpc) is 2.77. The lowest BCUT2D eigenvalue weighted by molar-refractivity contribution is -0.120. The molecule has 0 radical (unpaired) electrons. The molecule has 2 N–H and O–H groups in total. The van der Waals surface area contributed by atoms with Gasteiger partial charge in [0, 0.05) is 37.7 Å². The third-order valence-electron chi connectivity index (χ3n) is 7.19. The summed E-state index contributed by atoms with van der Waals surface area (Å²) in [6, 6.07) is 5.18. The van der Waals surface area contributed by atoms with Gasteiger partial charge in [0.1, 0.15) is 0 Å². The lowest BCUT2D eigenvalue weighted by Crippen LogP contribution is -2.49. The van der Waals surface area contributed by atoms with Gasteiger partial charge in [-0.1, -0.05) is 18.5 Å². The van der Waals surface area contributed by atoms with Crippen LogP contribution >= 0.6 is 11.6 Å². The number of urea groups is 1. The van der Waals surface area contributed by atoms with Gasteiger partial charge in [-0.15, -0.1) is 0 Å². The molecule has 8 heteroatoms. The van der Waals surface area contributed by atoms with Gasteiger partial charge in [-0.25, -0.2) is 4.79 Å². The molecule has 1 aromatic rings. The Bertz CT molecular complexity index is 856. The summed E-state index contributed by atoms with van der Waals surface area (Å²) in [5.74, 6) is -0.325. The Morgan fingerprint density at radius 1 is 1.16 bits per heavy atom. The van der Waals surface area contributed by atoms with Gasteiger partial charge >= 0.3 is 6.03 Å². The van der Waals surface area contributed by atoms with E-state index in [0.29, 0.717) is 27.7 Å². The van der Waals surface area contributed by atoms with Crippen LogP contribution < -0.4 is 15.5 Å². The minimum atomic E-state index is -0.504. The molecule has 0 unspecified atom stereocenters. The van der Waals surface area contributed by atoms with Gasteiger partial charge in [0.2, 0.25) is 5.91 Å². The van der Waals surface area contributed by atoms with Gasteiger partial charge in [0.25, 0.3) is 5.91 Å². The predicted octanol–water partition coefficient (Wildman–Crippen LogP) is 3.56. The highest BCUT2D eigenvalue weighted by Gasteiger charge is 2.39. The van der Waals surface area contributed by atoms with Gasteiger partial charge < -0.3 is 10.2 Å². The van der Waals surface area contributed by atoms with Crippen molar-refractivity contribution in [3.63, 3.8) is 0 Å². The first-order valence-corrected chi connectivity index (χ1v) is 11.7. The average molecular weight is 447 g/mol. The second kappa shape index (κ2) is 9.17. The van der Waals surface area contributed by atoms with Crippen LogP contribution in [0.2, 0.25) is 5.02 Å². The fourth-order valence-corrected chi connectivity index (χ4v) is 5.46. The molecule has 0 atom stereocenters. The maximum atomic E-state index is 13.2. The number of likely N-dealkylation sites (tertiary alicyclic amines) is 1. The minimum Gasteiger partial charge on any atom is -0.339 e. The molecule has 0 aromatic heterocycles. The standard InChI is InChI=1S/C23H31ClN4O3/c1-2-25-17-5-8-23(9-6-17)10-13-27(14-11-23)21(30)16-3-4-18(24)19(15-16)28-12-7-20(29)26-22(28)31/h3-4,15,17,25H,2,5-14H2,1H3,(H,26,29,31). The molecular weight excluding hydrogens is 416 g/mol. The molecule has 1 saturated carbocycles. The van der Waals surface area contributed by atoms with E-state index >= 15 is 0 Å². The summed E-state index contributed by atoms with van der Waals surface area (Å²) in [6.07, 6.45) is 7.24. The summed E-state index contributed by atoms with van der Waals surface area (Å²) in [7, 11) is 0. The van der Waals surface area contributed by atoms with E-state index in [0.717, 1.165) is 32.5 Å². The summed E-state index contributed by atoms with van der Waals surface area (Å²) in [4.78, 5) is 40.2. The predicted molar refractivity (Wildman–Crippen MR) is 120 cm³/mol. The number of halogens is 1. The quantitative estimate of drug-likeness (QED) is 0.740.